The molecule has 0 N–H and O–H groups in total. The van der Waals surface area contributed by atoms with Crippen molar-refractivity contribution in [2.24, 2.45) is 11.8 Å². The second kappa shape index (κ2) is 10.3. The predicted molar refractivity (Wildman–Crippen MR) is 143 cm³/mol. The van der Waals surface area contributed by atoms with Crippen LogP contribution in [0.4, 0.5) is 0 Å². The molecular formula is C28H34O2SSeSi. The van der Waals surface area contributed by atoms with Crippen molar-refractivity contribution in [2.45, 2.75) is 48.6 Å². The van der Waals surface area contributed by atoms with Gasteiger partial charge < -0.3 is 0 Å². The van der Waals surface area contributed by atoms with E-state index in [1.54, 1.807) is 12.1 Å². The van der Waals surface area contributed by atoms with Gasteiger partial charge in [0.1, 0.15) is 0 Å². The number of aryl methyl sites for hydroxylation is 1. The molecule has 3 aromatic carbocycles. The van der Waals surface area contributed by atoms with Crippen LogP contribution in [0, 0.1) is 18.8 Å². The van der Waals surface area contributed by atoms with Crippen LogP contribution < -0.4 is 9.65 Å². The third-order valence-electron chi connectivity index (χ3n) is 7.41. The standard InChI is InChI=1S/C28H34O2SSeSi/c1-22-14-17-24(18-15-22)31(29,30)20-27-23(21-32-25-10-6-4-7-11-25)16-19-28(27)33(2,3)26-12-8-5-9-13-26/h4-15,17-18,23,27-28H,16,19-21H2,1-3H3/t23-,27+,28+/m1/s1. The molecule has 0 bridgehead atoms. The average Bonchev–Trinajstić information content (AvgIpc) is 3.21. The summed E-state index contributed by atoms with van der Waals surface area (Å²) in [5.74, 6) is 0.981. The second-order valence-electron chi connectivity index (χ2n) is 9.91. The number of sulfone groups is 1. The zero-order valence-corrected chi connectivity index (χ0v) is 23.3. The third-order valence-corrected chi connectivity index (χ3v) is 16.1. The van der Waals surface area contributed by atoms with Crippen molar-refractivity contribution < 1.29 is 8.42 Å². The van der Waals surface area contributed by atoms with Gasteiger partial charge >= 0.3 is 208 Å². The van der Waals surface area contributed by atoms with Crippen molar-refractivity contribution >= 4 is 42.5 Å². The Kier molecular flexibility index (Phi) is 7.65. The molecule has 33 heavy (non-hydrogen) atoms. The fourth-order valence-electron chi connectivity index (χ4n) is 5.40. The first kappa shape index (κ1) is 24.5. The average molecular weight is 542 g/mol. The molecule has 0 aromatic heterocycles. The minimum atomic E-state index is -3.32. The predicted octanol–water partition coefficient (Wildman–Crippen LogP) is 5.23. The normalized spacial score (nSPS) is 21.2. The molecule has 0 unspecified atom stereocenters. The minimum absolute atomic E-state index is 0.226. The van der Waals surface area contributed by atoms with E-state index >= 15 is 0 Å². The molecule has 0 saturated heterocycles. The molecular weight excluding hydrogens is 507 g/mol. The Labute approximate surface area is 206 Å². The molecule has 2 nitrogen and oxygen atoms in total. The third kappa shape index (κ3) is 5.71. The summed E-state index contributed by atoms with van der Waals surface area (Å²) in [6.45, 7) is 6.89. The second-order valence-corrected chi connectivity index (χ2v) is 19.0. The first-order valence-electron chi connectivity index (χ1n) is 11.8. The summed E-state index contributed by atoms with van der Waals surface area (Å²) in [5, 5.41) is 2.57. The van der Waals surface area contributed by atoms with Gasteiger partial charge in [-0.15, -0.1) is 0 Å². The molecule has 5 heteroatoms. The fraction of sp³-hybridized carbons (Fsp3) is 0.357. The van der Waals surface area contributed by atoms with Gasteiger partial charge in [0, 0.05) is 0 Å². The van der Waals surface area contributed by atoms with Gasteiger partial charge in [-0.25, -0.2) is 0 Å². The van der Waals surface area contributed by atoms with Gasteiger partial charge in [0.2, 0.25) is 0 Å². The van der Waals surface area contributed by atoms with Crippen LogP contribution in [-0.2, 0) is 9.84 Å². The molecule has 3 aromatic rings. The van der Waals surface area contributed by atoms with E-state index in [1.807, 2.05) is 19.1 Å². The Hall–Kier alpha value is -1.65. The van der Waals surface area contributed by atoms with E-state index < -0.39 is 17.9 Å². The molecule has 174 valence electrons. The summed E-state index contributed by atoms with van der Waals surface area (Å²) in [6, 6.07) is 29.0. The van der Waals surface area contributed by atoms with Crippen molar-refractivity contribution in [1.29, 1.82) is 0 Å². The van der Waals surface area contributed by atoms with Crippen molar-refractivity contribution in [3.63, 3.8) is 0 Å². The van der Waals surface area contributed by atoms with Crippen LogP contribution in [0.15, 0.2) is 89.8 Å². The first-order valence-corrected chi connectivity index (χ1v) is 18.6. The van der Waals surface area contributed by atoms with Crippen LogP contribution in [0.25, 0.3) is 0 Å². The van der Waals surface area contributed by atoms with Crippen LogP contribution in [0.3, 0.4) is 0 Å². The van der Waals surface area contributed by atoms with Gasteiger partial charge in [0.05, 0.1) is 0 Å². The Bertz CT molecular complexity index is 1150. The zero-order chi connectivity index (χ0) is 23.5. The Balaban J connectivity index is 1.62. The number of rotatable bonds is 8. The van der Waals surface area contributed by atoms with Crippen LogP contribution in [-0.4, -0.2) is 37.2 Å². The van der Waals surface area contributed by atoms with Gasteiger partial charge in [-0.1, -0.05) is 0 Å². The Morgan fingerprint density at radius 3 is 2.09 bits per heavy atom. The SMILES string of the molecule is Cc1ccc(S(=O)(=O)C[C@H]2[C@@H](C[Se]c3ccccc3)CC[C@@H]2[Si](C)(C)c2ccccc2)cc1. The summed E-state index contributed by atoms with van der Waals surface area (Å²) >= 11 is 0.380. The van der Waals surface area contributed by atoms with E-state index in [2.05, 4.69) is 73.8 Å². The quantitative estimate of drug-likeness (QED) is 0.366. The van der Waals surface area contributed by atoms with Crippen molar-refractivity contribution in [3.8, 4) is 0 Å². The monoisotopic (exact) mass is 542 g/mol. The van der Waals surface area contributed by atoms with E-state index in [0.29, 0.717) is 31.3 Å². The van der Waals surface area contributed by atoms with Gasteiger partial charge in [0.15, 0.2) is 0 Å². The molecule has 0 aliphatic heterocycles. The topological polar surface area (TPSA) is 34.1 Å². The van der Waals surface area contributed by atoms with Crippen LogP contribution in [0.2, 0.25) is 24.0 Å². The van der Waals surface area contributed by atoms with Crippen molar-refractivity contribution in [3.05, 3.63) is 90.5 Å². The first-order chi connectivity index (χ1) is 15.8. The van der Waals surface area contributed by atoms with E-state index in [4.69, 9.17) is 0 Å². The molecule has 0 amide bonds. The number of hydrogen-bond donors (Lipinski definition) is 0. The molecule has 3 atom stereocenters. The number of hydrogen-bond acceptors (Lipinski definition) is 2. The molecule has 0 radical (unpaired) electrons. The van der Waals surface area contributed by atoms with E-state index in [1.165, 1.54) is 9.65 Å². The van der Waals surface area contributed by atoms with E-state index in [-0.39, 0.29) is 11.7 Å². The molecule has 0 heterocycles. The Morgan fingerprint density at radius 1 is 0.848 bits per heavy atom. The molecule has 1 aliphatic rings. The van der Waals surface area contributed by atoms with Crippen LogP contribution >= 0.6 is 0 Å². The molecule has 1 saturated carbocycles. The van der Waals surface area contributed by atoms with Gasteiger partial charge in [-0.2, -0.15) is 0 Å². The van der Waals surface area contributed by atoms with Gasteiger partial charge in [-0.3, -0.25) is 0 Å². The van der Waals surface area contributed by atoms with Crippen molar-refractivity contribution in [2.75, 3.05) is 5.75 Å². The molecule has 0 spiro atoms. The summed E-state index contributed by atoms with van der Waals surface area (Å²) in [4.78, 5) is 0.477. The van der Waals surface area contributed by atoms with Crippen LogP contribution in [0.5, 0.6) is 0 Å². The maximum absolute atomic E-state index is 13.5. The zero-order valence-electron chi connectivity index (χ0n) is 19.8. The summed E-state index contributed by atoms with van der Waals surface area (Å²) in [5.41, 5.74) is 1.57. The molecule has 1 fully saturated rings. The van der Waals surface area contributed by atoms with E-state index in [9.17, 15) is 8.42 Å². The summed E-state index contributed by atoms with van der Waals surface area (Å²) in [7, 11) is -5.15. The van der Waals surface area contributed by atoms with Gasteiger partial charge in [0.25, 0.3) is 0 Å². The number of benzene rings is 3. The summed E-state index contributed by atoms with van der Waals surface area (Å²) < 4.78 is 28.5. The Morgan fingerprint density at radius 2 is 1.45 bits per heavy atom. The van der Waals surface area contributed by atoms with Crippen LogP contribution in [0.1, 0.15) is 18.4 Å². The summed E-state index contributed by atoms with van der Waals surface area (Å²) in [6.07, 6.45) is 2.30. The molecule has 1 aliphatic carbocycles. The van der Waals surface area contributed by atoms with E-state index in [0.717, 1.165) is 23.7 Å². The fourth-order valence-corrected chi connectivity index (χ4v) is 13.6. The van der Waals surface area contributed by atoms with Crippen molar-refractivity contribution in [1.82, 2.24) is 0 Å². The maximum atomic E-state index is 13.5. The molecule has 4 rings (SSSR count). The van der Waals surface area contributed by atoms with Gasteiger partial charge in [-0.05, 0) is 0 Å².